The lowest BCUT2D eigenvalue weighted by atomic mass is 10.1. The first kappa shape index (κ1) is 17.5. The van der Waals surface area contributed by atoms with Gasteiger partial charge in [0.05, 0.1) is 19.3 Å². The Kier molecular flexibility index (Phi) is 10.2. The van der Waals surface area contributed by atoms with Crippen LogP contribution in [0.5, 0.6) is 5.75 Å². The number of hydrogen-bond acceptors (Lipinski definition) is 5. The minimum atomic E-state index is -0.313. The first-order valence-corrected chi connectivity index (χ1v) is 8.72. The van der Waals surface area contributed by atoms with Gasteiger partial charge in [0.15, 0.2) is 0 Å². The largest absolute Gasteiger partial charge is 0.493 e. The molecule has 0 aliphatic carbocycles. The maximum atomic E-state index is 11.3. The number of aliphatic hydroxyl groups excluding tert-OH is 1. The molecule has 0 atom stereocenters. The number of methoxy groups -OCH3 is 1. The molecule has 0 unspecified atom stereocenters. The Morgan fingerprint density at radius 1 is 1.44 bits per heavy atom. The van der Waals surface area contributed by atoms with E-state index in [0.717, 1.165) is 24.2 Å². The number of benzene rings is 1. The van der Waals surface area contributed by atoms with Gasteiger partial charge >= 0.3 is 5.97 Å². The molecule has 0 aromatic heterocycles. The van der Waals surface area contributed by atoms with E-state index in [0.29, 0.717) is 12.2 Å². The van der Waals surface area contributed by atoms with E-state index in [-0.39, 0.29) is 5.97 Å². The fraction of sp³-hybridized carbons (Fsp3) is 0.417. The van der Waals surface area contributed by atoms with Crippen molar-refractivity contribution in [2.24, 2.45) is 0 Å². The Bertz CT molecular complexity index is 371. The molecule has 1 rings (SSSR count). The minimum Gasteiger partial charge on any atom is -0.493 e. The van der Waals surface area contributed by atoms with Gasteiger partial charge in [-0.05, 0) is 51.9 Å². The zero-order valence-corrected chi connectivity index (χ0v) is 13.6. The lowest BCUT2D eigenvalue weighted by Gasteiger charge is -2.08. The van der Waals surface area contributed by atoms with Gasteiger partial charge in [0.2, 0.25) is 0 Å². The number of aryl methyl sites for hydroxylation is 1. The summed E-state index contributed by atoms with van der Waals surface area (Å²) in [5.41, 5.74) is 1.45. The van der Waals surface area contributed by atoms with E-state index in [1.165, 1.54) is 7.11 Å². The van der Waals surface area contributed by atoms with Crippen LogP contribution in [-0.2, 0) is 4.74 Å². The molecule has 4 nitrogen and oxygen atoms in total. The Labute approximate surface area is 124 Å². The topological polar surface area (TPSA) is 55.8 Å². The summed E-state index contributed by atoms with van der Waals surface area (Å²) < 4.78 is 10.2. The molecule has 0 radical (unpaired) electrons. The van der Waals surface area contributed by atoms with Crippen LogP contribution < -0.4 is 4.74 Å². The van der Waals surface area contributed by atoms with Crippen molar-refractivity contribution < 1.29 is 19.4 Å². The number of aliphatic hydroxyl groups is 1. The zero-order chi connectivity index (χ0) is 14.0. The second-order valence-electron chi connectivity index (χ2n) is 3.13. The third kappa shape index (κ3) is 5.92. The maximum absolute atomic E-state index is 11.3. The van der Waals surface area contributed by atoms with E-state index < -0.39 is 0 Å². The molecular weight excluding hydrogens is 367 g/mol. The molecule has 0 heterocycles. The zero-order valence-electron chi connectivity index (χ0n) is 10.6. The number of ether oxygens (including phenoxy) is 2. The Morgan fingerprint density at radius 3 is 2.61 bits per heavy atom. The van der Waals surface area contributed by atoms with Crippen LogP contribution in [0.2, 0.25) is 0 Å². The second-order valence-corrected chi connectivity index (χ2v) is 5.62. The Balaban J connectivity index is 0.00000137. The third-order valence-corrected chi connectivity index (χ3v) is 3.67. The summed E-state index contributed by atoms with van der Waals surface area (Å²) in [4.78, 5) is 11.3. The second kappa shape index (κ2) is 10.5. The highest BCUT2D eigenvalue weighted by atomic mass is 127. The number of hydrogen-bond donors (Lipinski definition) is 1. The van der Waals surface area contributed by atoms with Gasteiger partial charge < -0.3 is 14.6 Å². The summed E-state index contributed by atoms with van der Waals surface area (Å²) >= 11 is 2.23. The van der Waals surface area contributed by atoms with Gasteiger partial charge in [0.1, 0.15) is 5.75 Å². The average molecular weight is 384 g/mol. The monoisotopic (exact) mass is 384 g/mol. The molecule has 1 N–H and O–H groups in total. The van der Waals surface area contributed by atoms with E-state index in [9.17, 15) is 4.79 Å². The summed E-state index contributed by atoms with van der Waals surface area (Å²) in [5, 5.41) is 7.00. The van der Waals surface area contributed by atoms with E-state index in [2.05, 4.69) is 25.9 Å². The molecule has 0 bridgehead atoms. The first-order valence-electron chi connectivity index (χ1n) is 5.19. The van der Waals surface area contributed by atoms with Crippen molar-refractivity contribution in [2.75, 3.05) is 26.6 Å². The summed E-state index contributed by atoms with van der Waals surface area (Å²) in [7, 11) is 4.09. The molecule has 0 saturated carbocycles. The predicted octanol–water partition coefficient (Wildman–Crippen LogP) is 2.85. The van der Waals surface area contributed by atoms with Gasteiger partial charge in [-0.25, -0.2) is 4.79 Å². The van der Waals surface area contributed by atoms with Gasteiger partial charge in [0, 0.05) is 12.9 Å². The van der Waals surface area contributed by atoms with Crippen molar-refractivity contribution in [3.63, 3.8) is 0 Å². The van der Waals surface area contributed by atoms with Crippen molar-refractivity contribution in [1.29, 1.82) is 0 Å². The van der Waals surface area contributed by atoms with Crippen LogP contribution in [0.15, 0.2) is 18.2 Å². The van der Waals surface area contributed by atoms with Crippen LogP contribution in [0.4, 0.5) is 0 Å². The van der Waals surface area contributed by atoms with Crippen LogP contribution >= 0.6 is 30.1 Å². The highest BCUT2D eigenvalue weighted by Crippen LogP contribution is 2.18. The molecule has 18 heavy (non-hydrogen) atoms. The third-order valence-electron chi connectivity index (χ3n) is 2.03. The summed E-state index contributed by atoms with van der Waals surface area (Å²) in [6.07, 6.45) is 0. The fourth-order valence-electron chi connectivity index (χ4n) is 1.26. The van der Waals surface area contributed by atoms with Crippen LogP contribution in [0.1, 0.15) is 15.9 Å². The molecule has 1 aromatic rings. The van der Waals surface area contributed by atoms with Crippen LogP contribution in [-0.4, -0.2) is 37.7 Å². The van der Waals surface area contributed by atoms with Gasteiger partial charge in [-0.15, -0.1) is 0 Å². The van der Waals surface area contributed by atoms with Gasteiger partial charge in [-0.3, -0.25) is 0 Å². The lowest BCUT2D eigenvalue weighted by Crippen LogP contribution is -2.05. The first-order chi connectivity index (χ1) is 8.69. The van der Waals surface area contributed by atoms with E-state index >= 15 is 0 Å². The highest BCUT2D eigenvalue weighted by molar-refractivity contribution is 14.2. The molecule has 0 amide bonds. The average Bonchev–Trinajstić information content (AvgIpc) is 2.41. The van der Waals surface area contributed by atoms with E-state index in [1.54, 1.807) is 21.1 Å². The van der Waals surface area contributed by atoms with E-state index in [1.807, 2.05) is 13.0 Å². The van der Waals surface area contributed by atoms with E-state index in [4.69, 9.17) is 9.84 Å². The number of halogens is 1. The van der Waals surface area contributed by atoms with Crippen molar-refractivity contribution in [1.82, 2.24) is 0 Å². The van der Waals surface area contributed by atoms with Gasteiger partial charge in [-0.1, -0.05) is 8.93 Å². The molecule has 0 fully saturated rings. The van der Waals surface area contributed by atoms with Crippen LogP contribution in [0.25, 0.3) is 0 Å². The van der Waals surface area contributed by atoms with Crippen LogP contribution in [0, 0.1) is 6.92 Å². The minimum absolute atomic E-state index is 0.313. The van der Waals surface area contributed by atoms with Crippen LogP contribution in [0.3, 0.4) is 0 Å². The molecule has 0 saturated heterocycles. The van der Waals surface area contributed by atoms with Gasteiger partial charge in [0.25, 0.3) is 0 Å². The molecule has 102 valence electrons. The van der Waals surface area contributed by atoms with Crippen molar-refractivity contribution in [3.05, 3.63) is 29.3 Å². The molecule has 0 aliphatic heterocycles. The molecular formula is C12H17IO4S. The number of carbonyl (C=O) groups excluding carboxylic acids is 1. The van der Waals surface area contributed by atoms with Crippen molar-refractivity contribution >= 4 is 36.1 Å². The molecule has 0 spiro atoms. The molecule has 0 aliphatic rings. The summed E-state index contributed by atoms with van der Waals surface area (Å²) in [5.74, 6) is 1.42. The van der Waals surface area contributed by atoms with Crippen molar-refractivity contribution in [2.45, 2.75) is 6.92 Å². The normalized spacial score (nSPS) is 9.17. The predicted molar refractivity (Wildman–Crippen MR) is 82.6 cm³/mol. The smallest absolute Gasteiger partial charge is 0.338 e. The fourth-order valence-corrected chi connectivity index (χ4v) is 1.94. The number of carbonyl (C=O) groups is 1. The van der Waals surface area contributed by atoms with Gasteiger partial charge in [-0.2, -0.15) is 0 Å². The quantitative estimate of drug-likeness (QED) is 0.481. The summed E-state index contributed by atoms with van der Waals surface area (Å²) in [6.45, 7) is 2.54. The Hall–Kier alpha value is -0.470. The summed E-state index contributed by atoms with van der Waals surface area (Å²) in [6, 6.07) is 5.37. The number of rotatable bonds is 5. The Morgan fingerprint density at radius 2 is 2.11 bits per heavy atom. The SMILES string of the molecule is CO.COC(=O)c1ccc(OCCSI)cc1C. The molecule has 6 heteroatoms. The maximum Gasteiger partial charge on any atom is 0.338 e. The standard InChI is InChI=1S/C11H13IO3S.CH4O/c1-8-7-9(15-5-6-16-12)3-4-10(8)11(13)14-2;1-2/h3-4,7H,5-6H2,1-2H3;2H,1H3. The van der Waals surface area contributed by atoms with Crippen molar-refractivity contribution in [3.8, 4) is 5.75 Å². The lowest BCUT2D eigenvalue weighted by molar-refractivity contribution is 0.0600. The number of esters is 1. The molecule has 1 aromatic carbocycles. The highest BCUT2D eigenvalue weighted by Gasteiger charge is 2.09.